The maximum atomic E-state index is 13.8. The molecule has 2 rings (SSSR count). The fourth-order valence-corrected chi connectivity index (χ4v) is 2.10. The lowest BCUT2D eigenvalue weighted by atomic mass is 10.1. The minimum absolute atomic E-state index is 0.0696. The van der Waals surface area contributed by atoms with Crippen molar-refractivity contribution in [1.29, 1.82) is 0 Å². The summed E-state index contributed by atoms with van der Waals surface area (Å²) >= 11 is 0. The summed E-state index contributed by atoms with van der Waals surface area (Å²) in [5.41, 5.74) is -0.127. The Kier molecular flexibility index (Phi) is 5.43. The number of nitro benzene ring substituents is 1. The van der Waals surface area contributed by atoms with Crippen LogP contribution in [0.15, 0.2) is 36.4 Å². The van der Waals surface area contributed by atoms with E-state index in [1.807, 2.05) is 0 Å². The number of ether oxygens (including phenoxy) is 1. The van der Waals surface area contributed by atoms with E-state index in [4.69, 9.17) is 4.74 Å². The van der Waals surface area contributed by atoms with E-state index in [9.17, 15) is 24.1 Å². The van der Waals surface area contributed by atoms with E-state index in [1.54, 1.807) is 19.9 Å². The molecule has 0 saturated carbocycles. The summed E-state index contributed by atoms with van der Waals surface area (Å²) in [6.45, 7) is 3.36. The van der Waals surface area contributed by atoms with Crippen LogP contribution in [0.2, 0.25) is 0 Å². The highest BCUT2D eigenvalue weighted by atomic mass is 19.1. The second kappa shape index (κ2) is 7.52. The number of hydrogen-bond acceptors (Lipinski definition) is 5. The molecule has 8 heteroatoms. The van der Waals surface area contributed by atoms with Crippen molar-refractivity contribution in [2.24, 2.45) is 0 Å². The highest BCUT2D eigenvalue weighted by Crippen LogP contribution is 2.21. The van der Waals surface area contributed by atoms with Gasteiger partial charge >= 0.3 is 5.97 Å². The van der Waals surface area contributed by atoms with Gasteiger partial charge in [-0.05, 0) is 37.6 Å². The molecule has 0 spiro atoms. The van der Waals surface area contributed by atoms with Crippen molar-refractivity contribution in [1.82, 2.24) is 0 Å². The summed E-state index contributed by atoms with van der Waals surface area (Å²) in [6, 6.07) is 7.41. The molecule has 0 unspecified atom stereocenters. The lowest BCUT2D eigenvalue weighted by Crippen LogP contribution is -2.15. The van der Waals surface area contributed by atoms with E-state index in [1.165, 1.54) is 12.1 Å². The number of aryl methyl sites for hydroxylation is 1. The first-order chi connectivity index (χ1) is 11.8. The molecular formula is C17H15FN2O5. The van der Waals surface area contributed by atoms with Crippen molar-refractivity contribution in [3.05, 3.63) is 69.0 Å². The number of nitrogens with one attached hydrogen (secondary N) is 1. The molecule has 1 N–H and O–H groups in total. The maximum absolute atomic E-state index is 13.8. The molecule has 1 amide bonds. The quantitative estimate of drug-likeness (QED) is 0.508. The predicted octanol–water partition coefficient (Wildman–Crippen LogP) is 3.47. The highest BCUT2D eigenvalue weighted by Gasteiger charge is 2.19. The third kappa shape index (κ3) is 4.37. The topological polar surface area (TPSA) is 98.5 Å². The lowest BCUT2D eigenvalue weighted by Gasteiger charge is -2.08. The molecule has 0 fully saturated rings. The van der Waals surface area contributed by atoms with Gasteiger partial charge in [0.1, 0.15) is 5.82 Å². The molecule has 0 aliphatic rings. The SMILES string of the molecule is CCOC(=O)c1cc(C(=O)Nc2ccc(C)cc2F)cc([N+](=O)[O-])c1. The second-order valence-corrected chi connectivity index (χ2v) is 5.18. The van der Waals surface area contributed by atoms with Crippen molar-refractivity contribution in [3.8, 4) is 0 Å². The van der Waals surface area contributed by atoms with Crippen LogP contribution in [0.1, 0.15) is 33.2 Å². The van der Waals surface area contributed by atoms with Crippen LogP contribution in [0, 0.1) is 22.9 Å². The van der Waals surface area contributed by atoms with Gasteiger partial charge in [0.15, 0.2) is 0 Å². The van der Waals surface area contributed by atoms with Gasteiger partial charge in [0, 0.05) is 17.7 Å². The number of non-ortho nitro benzene ring substituents is 1. The minimum atomic E-state index is -0.790. The van der Waals surface area contributed by atoms with Gasteiger partial charge in [0.05, 0.1) is 22.8 Å². The van der Waals surface area contributed by atoms with Crippen molar-refractivity contribution in [2.75, 3.05) is 11.9 Å². The van der Waals surface area contributed by atoms with Crippen LogP contribution in [-0.4, -0.2) is 23.4 Å². The molecule has 25 heavy (non-hydrogen) atoms. The number of amides is 1. The number of hydrogen-bond donors (Lipinski definition) is 1. The normalized spacial score (nSPS) is 10.2. The second-order valence-electron chi connectivity index (χ2n) is 5.18. The van der Waals surface area contributed by atoms with E-state index in [0.717, 1.165) is 18.2 Å². The third-order valence-corrected chi connectivity index (χ3v) is 3.27. The van der Waals surface area contributed by atoms with Gasteiger partial charge in [0.2, 0.25) is 0 Å². The Morgan fingerprint density at radius 1 is 1.20 bits per heavy atom. The first-order valence-corrected chi connectivity index (χ1v) is 7.36. The largest absolute Gasteiger partial charge is 0.462 e. The van der Waals surface area contributed by atoms with Crippen molar-refractivity contribution in [2.45, 2.75) is 13.8 Å². The Labute approximate surface area is 142 Å². The summed E-state index contributed by atoms with van der Waals surface area (Å²) in [4.78, 5) is 34.4. The number of halogens is 1. The van der Waals surface area contributed by atoms with Crippen LogP contribution in [0.4, 0.5) is 15.8 Å². The Balaban J connectivity index is 2.37. The van der Waals surface area contributed by atoms with E-state index < -0.39 is 28.3 Å². The number of carbonyl (C=O) groups excluding carboxylic acids is 2. The average molecular weight is 346 g/mol. The smallest absolute Gasteiger partial charge is 0.338 e. The van der Waals surface area contributed by atoms with Gasteiger partial charge in [-0.3, -0.25) is 14.9 Å². The van der Waals surface area contributed by atoms with E-state index >= 15 is 0 Å². The van der Waals surface area contributed by atoms with Crippen LogP contribution in [0.3, 0.4) is 0 Å². The van der Waals surface area contributed by atoms with Crippen LogP contribution in [0.25, 0.3) is 0 Å². The van der Waals surface area contributed by atoms with E-state index in [0.29, 0.717) is 5.56 Å². The summed E-state index contributed by atoms with van der Waals surface area (Å²) < 4.78 is 18.6. The van der Waals surface area contributed by atoms with Gasteiger partial charge in [-0.1, -0.05) is 6.07 Å². The molecule has 0 aliphatic carbocycles. The zero-order valence-corrected chi connectivity index (χ0v) is 13.5. The molecule has 0 aliphatic heterocycles. The van der Waals surface area contributed by atoms with Crippen molar-refractivity contribution in [3.63, 3.8) is 0 Å². The van der Waals surface area contributed by atoms with E-state index in [-0.39, 0.29) is 23.4 Å². The standard InChI is InChI=1S/C17H15FN2O5/c1-3-25-17(22)12-7-11(8-13(9-12)20(23)24)16(21)19-15-5-4-10(2)6-14(15)18/h4-9H,3H2,1-2H3,(H,19,21). The fraction of sp³-hybridized carbons (Fsp3) is 0.176. The third-order valence-electron chi connectivity index (χ3n) is 3.27. The number of nitrogens with zero attached hydrogens (tertiary/aromatic N) is 1. The highest BCUT2D eigenvalue weighted by molar-refractivity contribution is 6.06. The molecule has 2 aromatic rings. The van der Waals surface area contributed by atoms with Gasteiger partial charge in [-0.25, -0.2) is 9.18 Å². The molecular weight excluding hydrogens is 331 g/mol. The Morgan fingerprint density at radius 2 is 1.88 bits per heavy atom. The minimum Gasteiger partial charge on any atom is -0.462 e. The number of anilines is 1. The Bertz CT molecular complexity index is 851. The average Bonchev–Trinajstić information content (AvgIpc) is 2.57. The number of carbonyl (C=O) groups is 2. The number of nitro groups is 1. The fourth-order valence-electron chi connectivity index (χ4n) is 2.10. The van der Waals surface area contributed by atoms with Gasteiger partial charge in [-0.15, -0.1) is 0 Å². The molecule has 130 valence electrons. The van der Waals surface area contributed by atoms with Crippen LogP contribution in [0.5, 0.6) is 0 Å². The van der Waals surface area contributed by atoms with Gasteiger partial charge in [0.25, 0.3) is 11.6 Å². The summed E-state index contributed by atoms with van der Waals surface area (Å²) in [7, 11) is 0. The molecule has 0 radical (unpaired) electrons. The number of esters is 1. The van der Waals surface area contributed by atoms with Crippen molar-refractivity contribution < 1.29 is 23.6 Å². The predicted molar refractivity (Wildman–Crippen MR) is 88.1 cm³/mol. The molecule has 2 aromatic carbocycles. The number of benzene rings is 2. The first kappa shape index (κ1) is 18.1. The van der Waals surface area contributed by atoms with E-state index in [2.05, 4.69) is 5.32 Å². The maximum Gasteiger partial charge on any atom is 0.338 e. The van der Waals surface area contributed by atoms with Crippen LogP contribution in [-0.2, 0) is 4.74 Å². The number of rotatable bonds is 5. The van der Waals surface area contributed by atoms with Crippen LogP contribution < -0.4 is 5.32 Å². The Hall–Kier alpha value is -3.29. The molecule has 0 bridgehead atoms. The zero-order chi connectivity index (χ0) is 18.6. The molecule has 0 atom stereocenters. The molecule has 0 heterocycles. The first-order valence-electron chi connectivity index (χ1n) is 7.36. The monoisotopic (exact) mass is 346 g/mol. The molecule has 7 nitrogen and oxygen atoms in total. The summed E-state index contributed by atoms with van der Waals surface area (Å²) in [5.74, 6) is -2.21. The molecule has 0 aromatic heterocycles. The summed E-state index contributed by atoms with van der Waals surface area (Å²) in [6.07, 6.45) is 0. The van der Waals surface area contributed by atoms with Gasteiger partial charge in [-0.2, -0.15) is 0 Å². The summed E-state index contributed by atoms with van der Waals surface area (Å²) in [5, 5.41) is 13.3. The molecule has 0 saturated heterocycles. The lowest BCUT2D eigenvalue weighted by molar-refractivity contribution is -0.384. The zero-order valence-electron chi connectivity index (χ0n) is 13.5. The Morgan fingerprint density at radius 3 is 2.48 bits per heavy atom. The van der Waals surface area contributed by atoms with Gasteiger partial charge < -0.3 is 10.1 Å². The van der Waals surface area contributed by atoms with Crippen LogP contribution >= 0.6 is 0 Å². The van der Waals surface area contributed by atoms with Crippen molar-refractivity contribution >= 4 is 23.3 Å².